The van der Waals surface area contributed by atoms with E-state index in [4.69, 9.17) is 11.8 Å². The minimum atomic E-state index is 0.117. The topological polar surface area (TPSA) is 18.8 Å². The van der Waals surface area contributed by atoms with Gasteiger partial charge in [-0.25, -0.2) is 4.42 Å². The Morgan fingerprint density at radius 2 is 2.07 bits per heavy atom. The Kier molecular flexibility index (Phi) is 3.65. The van der Waals surface area contributed by atoms with Gasteiger partial charge in [0.2, 0.25) is 0 Å². The monoisotopic (exact) mass is 217 g/mol. The Hall–Kier alpha value is -0.440. The predicted molar refractivity (Wildman–Crippen MR) is 61.0 cm³/mol. The minimum Gasteiger partial charge on any atom is -0.271 e. The number of hydrogen-bond donors (Lipinski definition) is 0. The molecule has 0 fully saturated rings. The van der Waals surface area contributed by atoms with Crippen LogP contribution < -0.4 is 0 Å². The summed E-state index contributed by atoms with van der Waals surface area (Å²) < 4.78 is 1.68. The summed E-state index contributed by atoms with van der Waals surface area (Å²) in [6.45, 7) is 9.71. The fourth-order valence-corrected chi connectivity index (χ4v) is 2.12. The Morgan fingerprint density at radius 3 is 2.57 bits per heavy atom. The number of nitrogens with zero attached hydrogens (tertiary/aromatic N) is 3. The van der Waals surface area contributed by atoms with Crippen molar-refractivity contribution >= 4 is 18.1 Å². The van der Waals surface area contributed by atoms with Crippen molar-refractivity contribution < 1.29 is 0 Å². The lowest BCUT2D eigenvalue weighted by atomic mass is 9.92. The van der Waals surface area contributed by atoms with Crippen LogP contribution in [0.2, 0.25) is 0 Å². The third-order valence-corrected chi connectivity index (χ3v) is 2.61. The molecule has 0 saturated carbocycles. The highest BCUT2D eigenvalue weighted by molar-refractivity contribution is 6.19. The molecule has 0 aromatic heterocycles. The zero-order valence-corrected chi connectivity index (χ0v) is 10.3. The van der Waals surface area contributed by atoms with E-state index in [9.17, 15) is 0 Å². The first kappa shape index (κ1) is 11.6. The molecule has 1 aliphatic rings. The maximum Gasteiger partial charge on any atom is 0.139 e. The molecule has 4 heteroatoms. The van der Waals surface area contributed by atoms with Gasteiger partial charge in [-0.3, -0.25) is 5.01 Å². The van der Waals surface area contributed by atoms with Crippen LogP contribution in [0.1, 0.15) is 40.5 Å². The van der Waals surface area contributed by atoms with Gasteiger partial charge in [-0.2, -0.15) is 5.10 Å². The van der Waals surface area contributed by atoms with Crippen molar-refractivity contribution in [1.29, 1.82) is 0 Å². The molecule has 0 spiro atoms. The smallest absolute Gasteiger partial charge is 0.139 e. The molecule has 1 atom stereocenters. The van der Waals surface area contributed by atoms with Crippen LogP contribution in [0.4, 0.5) is 0 Å². The maximum atomic E-state index is 6.08. The molecule has 3 nitrogen and oxygen atoms in total. The lowest BCUT2D eigenvalue weighted by Crippen LogP contribution is -2.45. The first-order chi connectivity index (χ1) is 6.46. The van der Waals surface area contributed by atoms with E-state index in [2.05, 4.69) is 37.8 Å². The third-order valence-electron chi connectivity index (χ3n) is 2.34. The molecule has 1 aliphatic heterocycles. The average molecular weight is 218 g/mol. The molecule has 0 radical (unpaired) electrons. The van der Waals surface area contributed by atoms with Crippen molar-refractivity contribution in [2.75, 3.05) is 6.54 Å². The first-order valence-corrected chi connectivity index (χ1v) is 5.55. The van der Waals surface area contributed by atoms with Crippen LogP contribution in [0.25, 0.3) is 0 Å². The molecule has 0 aliphatic carbocycles. The predicted octanol–water partition coefficient (Wildman–Crippen LogP) is 2.87. The van der Waals surface area contributed by atoms with Crippen molar-refractivity contribution in [3.8, 4) is 0 Å². The van der Waals surface area contributed by atoms with E-state index in [1.807, 2.05) is 0 Å². The largest absolute Gasteiger partial charge is 0.271 e. The van der Waals surface area contributed by atoms with Crippen molar-refractivity contribution in [2.24, 2.45) is 10.5 Å². The zero-order valence-electron chi connectivity index (χ0n) is 9.50. The van der Waals surface area contributed by atoms with E-state index >= 15 is 0 Å². The summed E-state index contributed by atoms with van der Waals surface area (Å²) in [4.78, 5) is 0. The van der Waals surface area contributed by atoms with E-state index in [1.165, 1.54) is 6.42 Å². The van der Waals surface area contributed by atoms with Gasteiger partial charge < -0.3 is 0 Å². The van der Waals surface area contributed by atoms with Gasteiger partial charge in [0, 0.05) is 23.7 Å². The van der Waals surface area contributed by atoms with E-state index in [-0.39, 0.29) is 11.6 Å². The minimum absolute atomic E-state index is 0.117. The molecule has 0 N–H and O–H groups in total. The third kappa shape index (κ3) is 2.53. The molecule has 0 saturated heterocycles. The van der Waals surface area contributed by atoms with Crippen LogP contribution in [0.3, 0.4) is 0 Å². The van der Waals surface area contributed by atoms with Crippen molar-refractivity contribution in [3.63, 3.8) is 0 Å². The zero-order chi connectivity index (χ0) is 10.8. The summed E-state index contributed by atoms with van der Waals surface area (Å²) in [5.41, 5.74) is 0.117. The molecule has 0 amide bonds. The summed E-state index contributed by atoms with van der Waals surface area (Å²) in [6, 6.07) is 0. The molecule has 82 valence electrons. The quantitative estimate of drug-likeness (QED) is 0.677. The fraction of sp³-hybridized carbons (Fsp3) is 0.900. The van der Waals surface area contributed by atoms with Crippen LogP contribution >= 0.6 is 11.8 Å². The Labute approximate surface area is 91.8 Å². The molecule has 14 heavy (non-hydrogen) atoms. The highest BCUT2D eigenvalue weighted by Crippen LogP contribution is 2.31. The van der Waals surface area contributed by atoms with Gasteiger partial charge in [0.05, 0.1) is 0 Å². The second kappa shape index (κ2) is 4.39. The average Bonchev–Trinajstić information content (AvgIpc) is 2.42. The van der Waals surface area contributed by atoms with Crippen LogP contribution in [-0.4, -0.2) is 28.5 Å². The van der Waals surface area contributed by atoms with Crippen molar-refractivity contribution in [3.05, 3.63) is 0 Å². The number of unbranched alkanes of at least 4 members (excludes halogenated alkanes) is 1. The van der Waals surface area contributed by atoms with Crippen molar-refractivity contribution in [2.45, 2.75) is 46.7 Å². The second-order valence-corrected chi connectivity index (χ2v) is 5.22. The molecule has 0 bridgehead atoms. The van der Waals surface area contributed by atoms with E-state index in [1.54, 1.807) is 10.8 Å². The normalized spacial score (nSPS) is 22.2. The summed E-state index contributed by atoms with van der Waals surface area (Å²) in [7, 11) is 0. The summed E-state index contributed by atoms with van der Waals surface area (Å²) >= 11 is 6.08. The fourth-order valence-electron chi connectivity index (χ4n) is 1.69. The number of hydrogen-bond acceptors (Lipinski definition) is 3. The van der Waals surface area contributed by atoms with Crippen LogP contribution in [0, 0.1) is 5.41 Å². The lowest BCUT2D eigenvalue weighted by Gasteiger charge is -2.36. The SMILES string of the molecule is CCCCN1N=CN(Cl)C1C(C)(C)C. The summed E-state index contributed by atoms with van der Waals surface area (Å²) in [6.07, 6.45) is 4.23. The molecule has 1 rings (SSSR count). The van der Waals surface area contributed by atoms with Crippen LogP contribution in [0.5, 0.6) is 0 Å². The van der Waals surface area contributed by atoms with Gasteiger partial charge in [0.15, 0.2) is 0 Å². The van der Waals surface area contributed by atoms with E-state index < -0.39 is 0 Å². The highest BCUT2D eigenvalue weighted by Gasteiger charge is 2.36. The number of hydrazone groups is 1. The van der Waals surface area contributed by atoms with Gasteiger partial charge in [-0.05, 0) is 6.42 Å². The molecule has 0 aromatic carbocycles. The summed E-state index contributed by atoms with van der Waals surface area (Å²) in [5, 5.41) is 6.38. The van der Waals surface area contributed by atoms with Crippen LogP contribution in [0.15, 0.2) is 5.10 Å². The standard InChI is InChI=1S/C10H20ClN3/c1-5-6-7-14-9(10(2,3)4)13(11)8-12-14/h8-9H,5-7H2,1-4H3. The Bertz CT molecular complexity index is 210. The first-order valence-electron chi connectivity index (χ1n) is 5.21. The molecular weight excluding hydrogens is 198 g/mol. The Balaban J connectivity index is 2.62. The van der Waals surface area contributed by atoms with Crippen molar-refractivity contribution in [1.82, 2.24) is 9.43 Å². The lowest BCUT2D eigenvalue weighted by molar-refractivity contribution is 0.0706. The van der Waals surface area contributed by atoms with E-state index in [0.717, 1.165) is 13.0 Å². The second-order valence-electron chi connectivity index (χ2n) is 4.83. The molecule has 0 aromatic rings. The molecular formula is C10H20ClN3. The van der Waals surface area contributed by atoms with Gasteiger partial charge in [-0.1, -0.05) is 34.1 Å². The summed E-state index contributed by atoms with van der Waals surface area (Å²) in [5.74, 6) is 0. The maximum absolute atomic E-state index is 6.08. The molecule has 1 heterocycles. The highest BCUT2D eigenvalue weighted by atomic mass is 35.5. The van der Waals surface area contributed by atoms with Gasteiger partial charge in [-0.15, -0.1) is 0 Å². The molecule has 1 unspecified atom stereocenters. The van der Waals surface area contributed by atoms with Gasteiger partial charge >= 0.3 is 0 Å². The van der Waals surface area contributed by atoms with Gasteiger partial charge in [0.25, 0.3) is 0 Å². The van der Waals surface area contributed by atoms with E-state index in [0.29, 0.717) is 0 Å². The van der Waals surface area contributed by atoms with Crippen LogP contribution in [-0.2, 0) is 0 Å². The number of rotatable bonds is 3. The number of halogens is 1. The Morgan fingerprint density at radius 1 is 1.43 bits per heavy atom. The van der Waals surface area contributed by atoms with Gasteiger partial charge in [0.1, 0.15) is 12.5 Å².